The zero-order valence-corrected chi connectivity index (χ0v) is 12.6. The maximum atomic E-state index is 9.78. The standard InChI is InChI=1S/C17H26O2/c1-6-17(4,13-7-12-16(2,3)18)14-8-10-15(19-5)11-9-14/h6,8-11,18H,1,7,12-13H2,2-5H3. The molecule has 0 aromatic heterocycles. The van der Waals surface area contributed by atoms with Gasteiger partial charge in [0, 0.05) is 5.41 Å². The van der Waals surface area contributed by atoms with Gasteiger partial charge in [0.25, 0.3) is 0 Å². The van der Waals surface area contributed by atoms with Crippen LogP contribution in [0.1, 0.15) is 45.6 Å². The smallest absolute Gasteiger partial charge is 0.118 e. The van der Waals surface area contributed by atoms with E-state index in [1.165, 1.54) is 5.56 Å². The van der Waals surface area contributed by atoms with Gasteiger partial charge in [-0.2, -0.15) is 0 Å². The third kappa shape index (κ3) is 4.71. The molecule has 1 aromatic rings. The third-order valence-corrected chi connectivity index (χ3v) is 3.68. The van der Waals surface area contributed by atoms with Crippen molar-refractivity contribution in [3.05, 3.63) is 42.5 Å². The molecule has 0 saturated carbocycles. The average Bonchev–Trinajstić information content (AvgIpc) is 2.37. The summed E-state index contributed by atoms with van der Waals surface area (Å²) in [4.78, 5) is 0. The Morgan fingerprint density at radius 2 is 1.74 bits per heavy atom. The molecule has 106 valence electrons. The van der Waals surface area contributed by atoms with Gasteiger partial charge in [-0.15, -0.1) is 6.58 Å². The third-order valence-electron chi connectivity index (χ3n) is 3.68. The second-order valence-electron chi connectivity index (χ2n) is 6.02. The largest absolute Gasteiger partial charge is 0.497 e. The SMILES string of the molecule is C=CC(C)(CCCC(C)(C)O)c1ccc(OC)cc1. The minimum atomic E-state index is -0.595. The van der Waals surface area contributed by atoms with E-state index in [1.54, 1.807) is 7.11 Å². The van der Waals surface area contributed by atoms with Gasteiger partial charge in [0.15, 0.2) is 0 Å². The number of allylic oxidation sites excluding steroid dienone is 1. The van der Waals surface area contributed by atoms with E-state index in [9.17, 15) is 5.11 Å². The highest BCUT2D eigenvalue weighted by atomic mass is 16.5. The fourth-order valence-corrected chi connectivity index (χ4v) is 2.22. The number of hydrogen-bond donors (Lipinski definition) is 1. The zero-order chi connectivity index (χ0) is 14.5. The fraction of sp³-hybridized carbons (Fsp3) is 0.529. The molecule has 0 radical (unpaired) electrons. The summed E-state index contributed by atoms with van der Waals surface area (Å²) in [6.07, 6.45) is 4.75. The highest BCUT2D eigenvalue weighted by molar-refractivity contribution is 5.34. The first-order valence-corrected chi connectivity index (χ1v) is 6.81. The Bertz CT molecular complexity index is 400. The monoisotopic (exact) mass is 262 g/mol. The lowest BCUT2D eigenvalue weighted by Gasteiger charge is -2.28. The van der Waals surface area contributed by atoms with Crippen LogP contribution in [0.2, 0.25) is 0 Å². The molecule has 0 spiro atoms. The van der Waals surface area contributed by atoms with E-state index >= 15 is 0 Å². The van der Waals surface area contributed by atoms with Gasteiger partial charge in [-0.25, -0.2) is 0 Å². The van der Waals surface area contributed by atoms with Crippen LogP contribution in [0.25, 0.3) is 0 Å². The van der Waals surface area contributed by atoms with E-state index in [0.717, 1.165) is 25.0 Å². The average molecular weight is 262 g/mol. The molecular weight excluding hydrogens is 236 g/mol. The van der Waals surface area contributed by atoms with Gasteiger partial charge in [-0.1, -0.05) is 25.1 Å². The van der Waals surface area contributed by atoms with Crippen LogP contribution < -0.4 is 4.74 Å². The van der Waals surface area contributed by atoms with Gasteiger partial charge in [0.2, 0.25) is 0 Å². The molecule has 1 N–H and O–H groups in total. The van der Waals surface area contributed by atoms with E-state index in [-0.39, 0.29) is 5.41 Å². The van der Waals surface area contributed by atoms with Crippen molar-refractivity contribution in [2.45, 2.75) is 51.0 Å². The Labute approximate surface area is 117 Å². The summed E-state index contributed by atoms with van der Waals surface area (Å²) >= 11 is 0. The summed E-state index contributed by atoms with van der Waals surface area (Å²) in [5.74, 6) is 0.867. The summed E-state index contributed by atoms with van der Waals surface area (Å²) in [6.45, 7) is 9.87. The number of ether oxygens (including phenoxy) is 1. The molecule has 0 aliphatic carbocycles. The Morgan fingerprint density at radius 3 is 2.16 bits per heavy atom. The summed E-state index contributed by atoms with van der Waals surface area (Å²) < 4.78 is 5.18. The van der Waals surface area contributed by atoms with Crippen molar-refractivity contribution in [3.63, 3.8) is 0 Å². The van der Waals surface area contributed by atoms with Gasteiger partial charge >= 0.3 is 0 Å². The van der Waals surface area contributed by atoms with Crippen LogP contribution in [-0.4, -0.2) is 17.8 Å². The molecule has 2 nitrogen and oxygen atoms in total. The molecule has 0 amide bonds. The summed E-state index contributed by atoms with van der Waals surface area (Å²) in [6, 6.07) is 8.13. The first kappa shape index (κ1) is 15.8. The number of methoxy groups -OCH3 is 1. The van der Waals surface area contributed by atoms with Crippen molar-refractivity contribution >= 4 is 0 Å². The Balaban J connectivity index is 2.75. The highest BCUT2D eigenvalue weighted by Crippen LogP contribution is 2.32. The van der Waals surface area contributed by atoms with Crippen LogP contribution >= 0.6 is 0 Å². The predicted octanol–water partition coefficient (Wildman–Crippen LogP) is 4.08. The van der Waals surface area contributed by atoms with Crippen LogP contribution in [-0.2, 0) is 5.41 Å². The molecule has 2 heteroatoms. The maximum Gasteiger partial charge on any atom is 0.118 e. The van der Waals surface area contributed by atoms with E-state index in [1.807, 2.05) is 32.1 Å². The van der Waals surface area contributed by atoms with Gasteiger partial charge < -0.3 is 9.84 Å². The second kappa shape index (κ2) is 6.25. The predicted molar refractivity (Wildman–Crippen MR) is 80.7 cm³/mol. The molecule has 0 heterocycles. The summed E-state index contributed by atoms with van der Waals surface area (Å²) in [7, 11) is 1.67. The van der Waals surface area contributed by atoms with Crippen LogP contribution in [0.15, 0.2) is 36.9 Å². The molecule has 1 atom stereocenters. The first-order valence-electron chi connectivity index (χ1n) is 6.81. The molecule has 1 unspecified atom stereocenters. The van der Waals surface area contributed by atoms with Crippen molar-refractivity contribution in [2.75, 3.05) is 7.11 Å². The number of benzene rings is 1. The molecule has 1 aromatic carbocycles. The van der Waals surface area contributed by atoms with Crippen molar-refractivity contribution in [2.24, 2.45) is 0 Å². The van der Waals surface area contributed by atoms with E-state index in [4.69, 9.17) is 4.74 Å². The highest BCUT2D eigenvalue weighted by Gasteiger charge is 2.24. The lowest BCUT2D eigenvalue weighted by atomic mass is 9.77. The number of aliphatic hydroxyl groups is 1. The molecule has 0 bridgehead atoms. The molecule has 0 aliphatic heterocycles. The lowest BCUT2D eigenvalue weighted by molar-refractivity contribution is 0.0670. The topological polar surface area (TPSA) is 29.5 Å². The Kier molecular flexibility index (Phi) is 5.19. The minimum absolute atomic E-state index is 0.0580. The Morgan fingerprint density at radius 1 is 1.16 bits per heavy atom. The molecule has 0 fully saturated rings. The van der Waals surface area contributed by atoms with E-state index < -0.39 is 5.60 Å². The normalized spacial score (nSPS) is 14.8. The Hall–Kier alpha value is -1.28. The van der Waals surface area contributed by atoms with Gasteiger partial charge in [0.1, 0.15) is 5.75 Å². The van der Waals surface area contributed by atoms with Crippen LogP contribution in [0.5, 0.6) is 5.75 Å². The summed E-state index contributed by atoms with van der Waals surface area (Å²) in [5.41, 5.74) is 0.582. The van der Waals surface area contributed by atoms with Crippen LogP contribution in [0, 0.1) is 0 Å². The molecule has 1 rings (SSSR count). The number of hydrogen-bond acceptors (Lipinski definition) is 2. The summed E-state index contributed by atoms with van der Waals surface area (Å²) in [5, 5.41) is 9.78. The molecule has 19 heavy (non-hydrogen) atoms. The quantitative estimate of drug-likeness (QED) is 0.750. The lowest BCUT2D eigenvalue weighted by Crippen LogP contribution is -2.22. The first-order chi connectivity index (χ1) is 8.80. The second-order valence-corrected chi connectivity index (χ2v) is 6.02. The maximum absolute atomic E-state index is 9.78. The number of rotatable bonds is 7. The van der Waals surface area contributed by atoms with Gasteiger partial charge in [0.05, 0.1) is 12.7 Å². The molecule has 0 aliphatic rings. The van der Waals surface area contributed by atoms with E-state index in [0.29, 0.717) is 0 Å². The minimum Gasteiger partial charge on any atom is -0.497 e. The van der Waals surface area contributed by atoms with Crippen LogP contribution in [0.4, 0.5) is 0 Å². The van der Waals surface area contributed by atoms with Crippen molar-refractivity contribution in [1.82, 2.24) is 0 Å². The van der Waals surface area contributed by atoms with Crippen molar-refractivity contribution in [1.29, 1.82) is 0 Å². The molecule has 0 saturated heterocycles. The van der Waals surface area contributed by atoms with Gasteiger partial charge in [-0.3, -0.25) is 0 Å². The van der Waals surface area contributed by atoms with Gasteiger partial charge in [-0.05, 0) is 50.8 Å². The van der Waals surface area contributed by atoms with Crippen molar-refractivity contribution in [3.8, 4) is 5.75 Å². The van der Waals surface area contributed by atoms with E-state index in [2.05, 4.69) is 25.6 Å². The fourth-order valence-electron chi connectivity index (χ4n) is 2.22. The van der Waals surface area contributed by atoms with Crippen LogP contribution in [0.3, 0.4) is 0 Å². The molecular formula is C17H26O2. The zero-order valence-electron chi connectivity index (χ0n) is 12.6. The van der Waals surface area contributed by atoms with Crippen molar-refractivity contribution < 1.29 is 9.84 Å².